The molecule has 0 bridgehead atoms. The molecule has 2 rings (SSSR count). The fourth-order valence-corrected chi connectivity index (χ4v) is 3.19. The van der Waals surface area contributed by atoms with Gasteiger partial charge >= 0.3 is 5.97 Å². The summed E-state index contributed by atoms with van der Waals surface area (Å²) in [5, 5.41) is 14.9. The molecular weight excluding hydrogens is 294 g/mol. The summed E-state index contributed by atoms with van der Waals surface area (Å²) in [4.78, 5) is 22.1. The van der Waals surface area contributed by atoms with Crippen LogP contribution in [0.25, 0.3) is 0 Å². The van der Waals surface area contributed by atoms with E-state index in [1.54, 1.807) is 25.2 Å². The molecule has 2 aromatic rings. The maximum Gasteiger partial charge on any atom is 0.315 e. The molecule has 2 heterocycles. The lowest BCUT2D eigenvalue weighted by molar-refractivity contribution is -0.142. The van der Waals surface area contributed by atoms with Crippen LogP contribution in [0.5, 0.6) is 0 Å². The minimum absolute atomic E-state index is 0.589. The molecule has 0 radical (unpaired) electrons. The Hall–Kier alpha value is -1.47. The molecule has 0 saturated carbocycles. The predicted molar refractivity (Wildman–Crippen MR) is 81.7 cm³/mol. The number of hydrogen-bond acceptors (Lipinski definition) is 6. The maximum absolute atomic E-state index is 11.2. The molecule has 108 valence electrons. The number of rotatable bonds is 5. The highest BCUT2D eigenvalue weighted by Gasteiger charge is 2.32. The molecule has 0 aliphatic carbocycles. The normalized spacial score (nSPS) is 11.6. The van der Waals surface area contributed by atoms with Crippen molar-refractivity contribution in [2.45, 2.75) is 32.7 Å². The number of carboxylic acid groups (broad SMARTS) is 1. The summed E-state index contributed by atoms with van der Waals surface area (Å²) < 4.78 is 0. The molecule has 0 atom stereocenters. The second-order valence-corrected chi connectivity index (χ2v) is 7.06. The first-order valence-corrected chi connectivity index (χ1v) is 7.88. The molecule has 5 nitrogen and oxygen atoms in total. The van der Waals surface area contributed by atoms with Crippen molar-refractivity contribution < 1.29 is 9.90 Å². The van der Waals surface area contributed by atoms with Crippen molar-refractivity contribution in [3.05, 3.63) is 27.2 Å². The molecule has 0 fully saturated rings. The van der Waals surface area contributed by atoms with Gasteiger partial charge in [-0.15, -0.1) is 22.7 Å². The van der Waals surface area contributed by atoms with E-state index in [0.717, 1.165) is 15.8 Å². The van der Waals surface area contributed by atoms with Gasteiger partial charge in [0.05, 0.1) is 22.9 Å². The number of hydrogen-bond donors (Lipinski definition) is 1. The zero-order chi connectivity index (χ0) is 14.9. The van der Waals surface area contributed by atoms with Crippen molar-refractivity contribution in [3.8, 4) is 0 Å². The average molecular weight is 311 g/mol. The first-order valence-electron chi connectivity index (χ1n) is 6.12. The van der Waals surface area contributed by atoms with E-state index in [4.69, 9.17) is 0 Å². The van der Waals surface area contributed by atoms with E-state index < -0.39 is 11.4 Å². The summed E-state index contributed by atoms with van der Waals surface area (Å²) in [6, 6.07) is 0. The predicted octanol–water partition coefficient (Wildman–Crippen LogP) is 2.91. The van der Waals surface area contributed by atoms with E-state index in [9.17, 15) is 9.90 Å². The largest absolute Gasteiger partial charge is 0.481 e. The van der Waals surface area contributed by atoms with Crippen LogP contribution in [0.4, 0.5) is 5.13 Å². The van der Waals surface area contributed by atoms with E-state index in [1.807, 2.05) is 29.6 Å². The van der Waals surface area contributed by atoms with Crippen LogP contribution < -0.4 is 4.90 Å². The minimum Gasteiger partial charge on any atom is -0.481 e. The van der Waals surface area contributed by atoms with Gasteiger partial charge in [-0.2, -0.15) is 0 Å². The lowest BCUT2D eigenvalue weighted by atomic mass is 9.90. The number of carbonyl (C=O) groups is 1. The Morgan fingerprint density at radius 3 is 2.60 bits per heavy atom. The quantitative estimate of drug-likeness (QED) is 0.919. The van der Waals surface area contributed by atoms with Gasteiger partial charge in [0.25, 0.3) is 0 Å². The first kappa shape index (κ1) is 14.9. The van der Waals surface area contributed by atoms with E-state index in [1.165, 1.54) is 11.3 Å². The molecule has 0 aromatic carbocycles. The Morgan fingerprint density at radius 1 is 1.35 bits per heavy atom. The van der Waals surface area contributed by atoms with E-state index in [2.05, 4.69) is 9.97 Å². The van der Waals surface area contributed by atoms with E-state index >= 15 is 0 Å². The molecular formula is C13H17N3O2S2. The third-order valence-corrected chi connectivity index (χ3v) is 4.84. The molecule has 0 unspecified atom stereocenters. The first-order chi connectivity index (χ1) is 9.30. The zero-order valence-electron chi connectivity index (χ0n) is 11.9. The molecule has 0 amide bonds. The van der Waals surface area contributed by atoms with Gasteiger partial charge in [0.15, 0.2) is 5.13 Å². The highest BCUT2D eigenvalue weighted by Crippen LogP contribution is 2.29. The molecule has 2 aromatic heterocycles. The van der Waals surface area contributed by atoms with E-state index in [0.29, 0.717) is 12.2 Å². The molecule has 7 heteroatoms. The van der Waals surface area contributed by atoms with Crippen LogP contribution in [0, 0.1) is 6.92 Å². The highest BCUT2D eigenvalue weighted by molar-refractivity contribution is 7.13. The topological polar surface area (TPSA) is 66.3 Å². The van der Waals surface area contributed by atoms with Gasteiger partial charge in [-0.3, -0.25) is 4.79 Å². The Labute approximate surface area is 125 Å². The fourth-order valence-electron chi connectivity index (χ4n) is 1.63. The SMILES string of the molecule is Cc1nc(CN(C)c2nc(C(C)(C)C(=O)O)cs2)cs1. The number of thiazole rings is 2. The van der Waals surface area contributed by atoms with Gasteiger partial charge in [-0.25, -0.2) is 9.97 Å². The van der Waals surface area contributed by atoms with Crippen LogP contribution in [0.2, 0.25) is 0 Å². The van der Waals surface area contributed by atoms with Crippen LogP contribution in [0.15, 0.2) is 10.8 Å². The summed E-state index contributed by atoms with van der Waals surface area (Å²) in [5.74, 6) is -0.868. The number of aryl methyl sites for hydroxylation is 1. The van der Waals surface area contributed by atoms with Gasteiger partial charge in [-0.05, 0) is 20.8 Å². The zero-order valence-corrected chi connectivity index (χ0v) is 13.5. The molecule has 0 spiro atoms. The molecule has 0 aliphatic heterocycles. The number of aliphatic carboxylic acids is 1. The Balaban J connectivity index is 2.14. The van der Waals surface area contributed by atoms with Gasteiger partial charge in [0, 0.05) is 17.8 Å². The average Bonchev–Trinajstić information content (AvgIpc) is 2.98. The smallest absolute Gasteiger partial charge is 0.315 e. The van der Waals surface area contributed by atoms with E-state index in [-0.39, 0.29) is 0 Å². The second-order valence-electron chi connectivity index (χ2n) is 5.16. The lowest BCUT2D eigenvalue weighted by Gasteiger charge is -2.17. The van der Waals surface area contributed by atoms with Crippen molar-refractivity contribution in [1.82, 2.24) is 9.97 Å². The summed E-state index contributed by atoms with van der Waals surface area (Å²) in [7, 11) is 1.94. The summed E-state index contributed by atoms with van der Waals surface area (Å²) in [5.41, 5.74) is 0.628. The fraction of sp³-hybridized carbons (Fsp3) is 0.462. The van der Waals surface area contributed by atoms with Crippen molar-refractivity contribution in [2.75, 3.05) is 11.9 Å². The minimum atomic E-state index is -0.965. The number of anilines is 1. The van der Waals surface area contributed by atoms with Gasteiger partial charge in [-0.1, -0.05) is 0 Å². The Bertz CT molecular complexity index is 619. The molecule has 1 N–H and O–H groups in total. The van der Waals surface area contributed by atoms with Gasteiger partial charge in [0.2, 0.25) is 0 Å². The Morgan fingerprint density at radius 2 is 2.05 bits per heavy atom. The van der Waals surface area contributed by atoms with Crippen molar-refractivity contribution in [3.63, 3.8) is 0 Å². The van der Waals surface area contributed by atoms with Crippen molar-refractivity contribution in [1.29, 1.82) is 0 Å². The van der Waals surface area contributed by atoms with Crippen LogP contribution in [-0.4, -0.2) is 28.1 Å². The Kier molecular flexibility index (Phi) is 4.10. The number of aromatic nitrogens is 2. The van der Waals surface area contributed by atoms with Crippen LogP contribution in [0.1, 0.15) is 30.2 Å². The van der Waals surface area contributed by atoms with Gasteiger partial charge < -0.3 is 10.0 Å². The summed E-state index contributed by atoms with van der Waals surface area (Å²) in [6.45, 7) is 5.98. The van der Waals surface area contributed by atoms with Crippen molar-refractivity contribution in [2.24, 2.45) is 0 Å². The maximum atomic E-state index is 11.2. The highest BCUT2D eigenvalue weighted by atomic mass is 32.1. The second kappa shape index (κ2) is 5.49. The summed E-state index contributed by atoms with van der Waals surface area (Å²) >= 11 is 3.08. The third-order valence-electron chi connectivity index (χ3n) is 3.06. The van der Waals surface area contributed by atoms with Crippen LogP contribution in [-0.2, 0) is 16.8 Å². The number of nitrogens with zero attached hydrogens (tertiary/aromatic N) is 3. The van der Waals surface area contributed by atoms with Crippen LogP contribution >= 0.6 is 22.7 Å². The molecule has 20 heavy (non-hydrogen) atoms. The lowest BCUT2D eigenvalue weighted by Crippen LogP contribution is -2.29. The van der Waals surface area contributed by atoms with Crippen molar-refractivity contribution >= 4 is 33.8 Å². The molecule has 0 aliphatic rings. The van der Waals surface area contributed by atoms with Crippen LogP contribution in [0.3, 0.4) is 0 Å². The standard InChI is InChI=1S/C13H17N3O2S2/c1-8-14-9(6-19-8)5-16(4)12-15-10(7-20-12)13(2,3)11(17)18/h6-7H,5H2,1-4H3,(H,17,18). The number of carboxylic acids is 1. The monoisotopic (exact) mass is 311 g/mol. The molecule has 0 saturated heterocycles. The summed E-state index contributed by atoms with van der Waals surface area (Å²) in [6.07, 6.45) is 0. The third kappa shape index (κ3) is 2.99. The van der Waals surface area contributed by atoms with Gasteiger partial charge in [0.1, 0.15) is 5.41 Å².